The molecule has 1 aromatic rings. The highest BCUT2D eigenvalue weighted by Gasteiger charge is 2.43. The molecular formula is C17H20N4O4. The van der Waals surface area contributed by atoms with E-state index in [1.54, 1.807) is 30.3 Å². The zero-order valence-corrected chi connectivity index (χ0v) is 13.9. The number of unbranched alkanes of at least 4 members (excludes halogenated alkanes) is 1. The second-order valence-corrected chi connectivity index (χ2v) is 5.54. The minimum Gasteiger partial charge on any atom is -0.302 e. The first-order chi connectivity index (χ1) is 12.0. The van der Waals surface area contributed by atoms with E-state index in [2.05, 4.69) is 22.7 Å². The maximum Gasteiger partial charge on any atom is 0.335 e. The highest BCUT2D eigenvalue weighted by atomic mass is 16.2. The summed E-state index contributed by atoms with van der Waals surface area (Å²) in [5, 5.41) is 2.12. The van der Waals surface area contributed by atoms with Crippen LogP contribution < -0.4 is 21.1 Å². The molecular weight excluding hydrogens is 324 g/mol. The Morgan fingerprint density at radius 1 is 1.20 bits per heavy atom. The zero-order valence-electron chi connectivity index (χ0n) is 13.9. The Labute approximate surface area is 145 Å². The summed E-state index contributed by atoms with van der Waals surface area (Å²) in [6.45, 7) is 5.60. The van der Waals surface area contributed by atoms with Gasteiger partial charge in [-0.3, -0.25) is 25.1 Å². The Morgan fingerprint density at radius 2 is 1.88 bits per heavy atom. The number of urea groups is 1. The van der Waals surface area contributed by atoms with Crippen LogP contribution in [-0.4, -0.2) is 23.8 Å². The van der Waals surface area contributed by atoms with Crippen molar-refractivity contribution in [2.45, 2.75) is 26.2 Å². The molecule has 0 spiro atoms. The van der Waals surface area contributed by atoms with Crippen LogP contribution in [0.25, 0.3) is 0 Å². The first-order valence-electron chi connectivity index (χ1n) is 7.93. The van der Waals surface area contributed by atoms with Gasteiger partial charge in [0.2, 0.25) is 11.8 Å². The summed E-state index contributed by atoms with van der Waals surface area (Å²) in [7, 11) is 0. The number of hydrogen-bond acceptors (Lipinski definition) is 5. The van der Waals surface area contributed by atoms with Crippen molar-refractivity contribution in [2.24, 2.45) is 5.92 Å². The summed E-state index contributed by atoms with van der Waals surface area (Å²) in [4.78, 5) is 49.2. The van der Waals surface area contributed by atoms with Crippen LogP contribution in [0.5, 0.6) is 0 Å². The third kappa shape index (κ3) is 4.23. The van der Waals surface area contributed by atoms with Crippen LogP contribution in [0.15, 0.2) is 42.6 Å². The molecule has 2 rings (SSSR count). The molecule has 0 saturated carbocycles. The molecule has 1 atom stereocenters. The van der Waals surface area contributed by atoms with E-state index in [1.165, 1.54) is 0 Å². The van der Waals surface area contributed by atoms with E-state index in [0.717, 1.165) is 17.7 Å². The lowest BCUT2D eigenvalue weighted by atomic mass is 10.0. The summed E-state index contributed by atoms with van der Waals surface area (Å²) in [6, 6.07) is 7.41. The quantitative estimate of drug-likeness (QED) is 0.509. The van der Waals surface area contributed by atoms with Gasteiger partial charge in [0.15, 0.2) is 5.92 Å². The molecule has 1 aliphatic heterocycles. The fourth-order valence-electron chi connectivity index (χ4n) is 2.33. The number of hydrazine groups is 1. The molecule has 5 amide bonds. The van der Waals surface area contributed by atoms with Gasteiger partial charge in [-0.15, -0.1) is 0 Å². The Morgan fingerprint density at radius 3 is 2.52 bits per heavy atom. The predicted molar refractivity (Wildman–Crippen MR) is 90.9 cm³/mol. The second kappa shape index (κ2) is 8.09. The summed E-state index contributed by atoms with van der Waals surface area (Å²) in [6.07, 6.45) is 1.90. The number of nitrogens with zero attached hydrogens (tertiary/aromatic N) is 1. The molecule has 3 N–H and O–H groups in total. The maximum atomic E-state index is 12.6. The van der Waals surface area contributed by atoms with Crippen LogP contribution in [-0.2, 0) is 14.4 Å². The van der Waals surface area contributed by atoms with Gasteiger partial charge in [-0.05, 0) is 18.6 Å². The first kappa shape index (κ1) is 18.2. The van der Waals surface area contributed by atoms with Gasteiger partial charge in [-0.2, -0.15) is 0 Å². The van der Waals surface area contributed by atoms with Crippen molar-refractivity contribution in [3.63, 3.8) is 0 Å². The average Bonchev–Trinajstić information content (AvgIpc) is 2.58. The molecule has 0 bridgehead atoms. The van der Waals surface area contributed by atoms with Crippen LogP contribution in [0.2, 0.25) is 0 Å². The van der Waals surface area contributed by atoms with E-state index in [4.69, 9.17) is 0 Å². The smallest absolute Gasteiger partial charge is 0.302 e. The summed E-state index contributed by atoms with van der Waals surface area (Å²) < 4.78 is 0. The van der Waals surface area contributed by atoms with Crippen LogP contribution in [0.1, 0.15) is 26.2 Å². The number of benzene rings is 1. The number of nitrogens with one attached hydrogen (secondary N) is 3. The third-order valence-electron chi connectivity index (χ3n) is 3.65. The third-order valence-corrected chi connectivity index (χ3v) is 3.65. The lowest BCUT2D eigenvalue weighted by Crippen LogP contribution is -2.60. The number of carbonyl (C=O) groups excluding carboxylic acids is 4. The number of barbiturate groups is 1. The lowest BCUT2D eigenvalue weighted by molar-refractivity contribution is -0.133. The fourth-order valence-corrected chi connectivity index (χ4v) is 2.33. The molecule has 1 heterocycles. The van der Waals surface area contributed by atoms with Crippen LogP contribution in [0.4, 0.5) is 10.5 Å². The second-order valence-electron chi connectivity index (χ2n) is 5.54. The zero-order chi connectivity index (χ0) is 18.4. The Hall–Kier alpha value is -3.16. The topological polar surface area (TPSA) is 108 Å². The van der Waals surface area contributed by atoms with Crippen molar-refractivity contribution in [2.75, 3.05) is 4.90 Å². The molecule has 1 fully saturated rings. The van der Waals surface area contributed by atoms with Crippen molar-refractivity contribution in [3.8, 4) is 0 Å². The van der Waals surface area contributed by atoms with E-state index >= 15 is 0 Å². The van der Waals surface area contributed by atoms with Crippen molar-refractivity contribution in [3.05, 3.63) is 42.6 Å². The number of carbonyl (C=O) groups is 4. The maximum absolute atomic E-state index is 12.6. The molecule has 0 aliphatic carbocycles. The summed E-state index contributed by atoms with van der Waals surface area (Å²) >= 11 is 0. The molecule has 1 saturated heterocycles. The summed E-state index contributed by atoms with van der Waals surface area (Å²) in [5.41, 5.74) is 5.21. The largest absolute Gasteiger partial charge is 0.335 e. The minimum atomic E-state index is -1.33. The van der Waals surface area contributed by atoms with Gasteiger partial charge in [0, 0.05) is 12.1 Å². The molecule has 0 radical (unpaired) electrons. The molecule has 1 aliphatic rings. The Bertz CT molecular complexity index is 702. The average molecular weight is 344 g/mol. The van der Waals surface area contributed by atoms with E-state index < -0.39 is 23.8 Å². The van der Waals surface area contributed by atoms with Crippen LogP contribution in [0, 0.1) is 5.92 Å². The van der Waals surface area contributed by atoms with E-state index in [-0.39, 0.29) is 11.6 Å². The highest BCUT2D eigenvalue weighted by Crippen LogP contribution is 2.22. The van der Waals surface area contributed by atoms with Gasteiger partial charge in [0.25, 0.3) is 5.91 Å². The Kier molecular flexibility index (Phi) is 5.89. The number of amides is 5. The van der Waals surface area contributed by atoms with Crippen LogP contribution >= 0.6 is 0 Å². The number of para-hydroxylation sites is 1. The normalized spacial score (nSPS) is 17.1. The van der Waals surface area contributed by atoms with Gasteiger partial charge in [-0.25, -0.2) is 9.69 Å². The SMILES string of the molecule is C=C(NNC(=O)CCCC)[C@H]1C(=O)NC(=O)N(c2ccccc2)C1=O. The van der Waals surface area contributed by atoms with Crippen molar-refractivity contribution in [1.82, 2.24) is 16.2 Å². The lowest BCUT2D eigenvalue weighted by Gasteiger charge is -2.31. The van der Waals surface area contributed by atoms with E-state index in [0.29, 0.717) is 12.1 Å². The monoisotopic (exact) mass is 344 g/mol. The van der Waals surface area contributed by atoms with Gasteiger partial charge in [-0.1, -0.05) is 38.1 Å². The fraction of sp³-hybridized carbons (Fsp3) is 0.294. The molecule has 8 heteroatoms. The van der Waals surface area contributed by atoms with Crippen molar-refractivity contribution >= 4 is 29.4 Å². The van der Waals surface area contributed by atoms with Crippen molar-refractivity contribution in [1.29, 1.82) is 0 Å². The van der Waals surface area contributed by atoms with Gasteiger partial charge in [0.1, 0.15) is 0 Å². The van der Waals surface area contributed by atoms with Gasteiger partial charge < -0.3 is 5.43 Å². The molecule has 1 aromatic carbocycles. The Balaban J connectivity index is 2.10. The van der Waals surface area contributed by atoms with E-state index in [9.17, 15) is 19.2 Å². The number of hydrogen-bond donors (Lipinski definition) is 3. The van der Waals surface area contributed by atoms with E-state index in [1.807, 2.05) is 6.92 Å². The molecule has 0 aromatic heterocycles. The number of anilines is 1. The number of imide groups is 2. The predicted octanol–water partition coefficient (Wildman–Crippen LogP) is 1.21. The molecule has 132 valence electrons. The molecule has 0 unspecified atom stereocenters. The summed E-state index contributed by atoms with van der Waals surface area (Å²) in [5.74, 6) is -3.13. The minimum absolute atomic E-state index is 0.0132. The first-order valence-corrected chi connectivity index (χ1v) is 7.93. The van der Waals surface area contributed by atoms with Gasteiger partial charge >= 0.3 is 6.03 Å². The highest BCUT2D eigenvalue weighted by molar-refractivity contribution is 6.28. The molecule has 25 heavy (non-hydrogen) atoms. The van der Waals surface area contributed by atoms with Gasteiger partial charge in [0.05, 0.1) is 5.69 Å². The molecule has 8 nitrogen and oxygen atoms in total. The standard InChI is InChI=1S/C17H20N4O4/c1-3-4-10-13(22)20-19-11(2)14-15(23)18-17(25)21(16(14)24)12-8-6-5-7-9-12/h5-9,14,19H,2-4,10H2,1H3,(H,20,22)(H,18,23,25)/t14-/m0/s1. The van der Waals surface area contributed by atoms with Crippen LogP contribution in [0.3, 0.4) is 0 Å². The van der Waals surface area contributed by atoms with Crippen molar-refractivity contribution < 1.29 is 19.2 Å². The number of rotatable bonds is 7.